The first-order valence-corrected chi connectivity index (χ1v) is 38.2. The van der Waals surface area contributed by atoms with E-state index in [0.717, 1.165) is 152 Å². The standard InChI is InChI=1S/C25H30F3NO2.C18H24F3NO2.C14H18F3NO.C11H14O2.C2H4I2.C2H5I.C2H6.CH4O.ClO.HI.Na/c1-3-19-14-21(10-11-22(19)15-30)17(2)29-31-16-18-9-12-23(20-7-5-4-6-8-20)24(13-18)25(26,27)28;1-3-23-13(2)22-24-12-14-9-10-16(15-7-5-4-6-8-15)17(11-14)18(19,20)21;15-14(16,17)13-8-10(9-19-18)6-7-12(13)11-4-2-1-3-5-11;1-3-9-6-10(8(2)13)4-5-11(9)7-12;1-2(3)4;1-2-3;3*1-2;;/h9-14,20,30H,3-8,15-16H2,1-2H3;9-11,15H,3-8,12H2,1-2H3;6-8,11H,1-5,9,18H2;4-6,12H,3,7H2,1-2H3;2H,1H3;2H2,1H3;1-2H3;2H,1H3;;1H;/q;;;;;;;;-1;;+1/b29-17+;22-13+;;;;;;;;;. The molecule has 0 aliphatic heterocycles. The molecule has 0 heterocycles. The summed E-state index contributed by atoms with van der Waals surface area (Å²) >= 11 is 10.3. The van der Waals surface area contributed by atoms with Gasteiger partial charge in [0, 0.05) is 19.6 Å². The van der Waals surface area contributed by atoms with Crippen molar-refractivity contribution in [2.45, 2.75) is 250 Å². The summed E-state index contributed by atoms with van der Waals surface area (Å²) in [6.45, 7) is 19.5. The van der Waals surface area contributed by atoms with Crippen LogP contribution in [0.5, 0.6) is 0 Å². The summed E-state index contributed by atoms with van der Waals surface area (Å²) in [4.78, 5) is 25.9. The number of benzene rings is 5. The van der Waals surface area contributed by atoms with Gasteiger partial charge < -0.3 is 34.4 Å². The van der Waals surface area contributed by atoms with Crippen LogP contribution < -0.4 is 40.1 Å². The first-order valence-electron chi connectivity index (χ1n) is 33.9. The number of aliphatic hydroxyl groups excluding tert-OH is 3. The van der Waals surface area contributed by atoms with Gasteiger partial charge in [-0.3, -0.25) is 9.63 Å². The molecule has 0 spiro atoms. The topological polar surface area (TPSA) is 188 Å². The van der Waals surface area contributed by atoms with Crippen LogP contribution in [0.1, 0.15) is 272 Å². The van der Waals surface area contributed by atoms with Crippen LogP contribution in [0.4, 0.5) is 39.5 Å². The molecule has 3 aliphatic rings. The Bertz CT molecular complexity index is 3110. The van der Waals surface area contributed by atoms with E-state index in [-0.39, 0.29) is 110 Å². The Morgan fingerprint density at radius 3 is 1.14 bits per heavy atom. The number of aryl methyl sites for hydroxylation is 2. The van der Waals surface area contributed by atoms with Gasteiger partial charge in [0.25, 0.3) is 0 Å². The summed E-state index contributed by atoms with van der Waals surface area (Å²) in [6, 6.07) is 24.6. The second-order valence-corrected chi connectivity index (χ2v) is 30.8. The minimum absolute atomic E-state index is 0. The largest absolute Gasteiger partial charge is 1.00 e. The number of oxime groups is 2. The third kappa shape index (κ3) is 40.3. The first-order chi connectivity index (χ1) is 47.6. The third-order valence-corrected chi connectivity index (χ3v) is 16.2. The van der Waals surface area contributed by atoms with Crippen molar-refractivity contribution in [3.05, 3.63) is 174 Å². The van der Waals surface area contributed by atoms with Crippen molar-refractivity contribution < 1.29 is 113 Å². The van der Waals surface area contributed by atoms with Gasteiger partial charge in [-0.1, -0.05) is 231 Å². The molecule has 0 radical (unpaired) electrons. The van der Waals surface area contributed by atoms with E-state index >= 15 is 0 Å². The molecule has 5 aromatic carbocycles. The normalized spacial score (nSPS) is 14.1. The number of aliphatic hydroxyl groups is 3. The molecular weight excluding hydrogens is 1820 g/mol. The average Bonchev–Trinajstić information content (AvgIpc) is 0.812. The van der Waals surface area contributed by atoms with Gasteiger partial charge in [0.15, 0.2) is 5.78 Å². The Morgan fingerprint density at radius 2 is 0.853 bits per heavy atom. The maximum Gasteiger partial charge on any atom is 1.00 e. The van der Waals surface area contributed by atoms with Crippen LogP contribution in [0.25, 0.3) is 0 Å². The molecule has 0 unspecified atom stereocenters. The van der Waals surface area contributed by atoms with Crippen LogP contribution in [0.3, 0.4) is 0 Å². The summed E-state index contributed by atoms with van der Waals surface area (Å²) in [7, 11) is 1.00. The Balaban J connectivity index is -0.00000124. The fraction of sp³-hybridized carbons (Fsp3) is 0.560. The molecule has 3 saturated carbocycles. The molecule has 0 saturated heterocycles. The van der Waals surface area contributed by atoms with E-state index in [1.54, 1.807) is 63.2 Å². The van der Waals surface area contributed by atoms with Crippen molar-refractivity contribution >= 4 is 121 Å². The first kappa shape index (κ1) is 104. The van der Waals surface area contributed by atoms with Crippen molar-refractivity contribution in [3.8, 4) is 0 Å². The molecule has 0 aromatic heterocycles. The maximum absolute atomic E-state index is 13.7. The molecule has 12 nitrogen and oxygen atoms in total. The number of hydrogen-bond donors (Lipinski definition) is 4. The predicted octanol–water partition coefficient (Wildman–Crippen LogP) is 19.9. The molecule has 5 aromatic rings. The van der Waals surface area contributed by atoms with Gasteiger partial charge in [-0.2, -0.15) is 39.5 Å². The number of ketones is 1. The molecule has 0 amide bonds. The Hall–Kier alpha value is -2.15. The quantitative estimate of drug-likeness (QED) is 0.00960. The zero-order valence-electron chi connectivity index (χ0n) is 61.0. The van der Waals surface area contributed by atoms with Crippen LogP contribution in [-0.2, 0) is 83.7 Å². The van der Waals surface area contributed by atoms with E-state index in [2.05, 4.69) is 109 Å². The molecule has 8 rings (SSSR count). The summed E-state index contributed by atoms with van der Waals surface area (Å²) in [5, 5.41) is 33.2. The maximum atomic E-state index is 13.7. The fourth-order valence-electron chi connectivity index (χ4n) is 11.6. The molecule has 0 bridgehead atoms. The minimum atomic E-state index is -4.38. The zero-order valence-corrected chi connectivity index (χ0v) is 72.6. The molecule has 5 N–H and O–H groups in total. The predicted molar refractivity (Wildman–Crippen MR) is 424 cm³/mol. The van der Waals surface area contributed by atoms with Crippen molar-refractivity contribution in [2.24, 2.45) is 16.2 Å². The van der Waals surface area contributed by atoms with Gasteiger partial charge >= 0.3 is 48.1 Å². The number of carbonyl (C=O) groups excluding carboxylic acids is 1. The van der Waals surface area contributed by atoms with Crippen LogP contribution in [0.2, 0.25) is 0 Å². The molecule has 574 valence electrons. The average molecular weight is 1930 g/mol. The summed E-state index contributed by atoms with van der Waals surface area (Å²) in [6.07, 6.45) is 2.87. The van der Waals surface area contributed by atoms with Crippen LogP contribution in [0.15, 0.2) is 101 Å². The number of alkyl halides is 12. The second-order valence-electron chi connectivity index (χ2n) is 23.2. The van der Waals surface area contributed by atoms with Crippen LogP contribution in [-0.4, -0.2) is 52.8 Å². The number of hydrogen-bond acceptors (Lipinski definition) is 12. The van der Waals surface area contributed by atoms with Gasteiger partial charge in [-0.25, -0.2) is 17.8 Å². The SMILES string of the molecule is CC.CC(I)I.CCI.CCO/C(C)=N/OCc1ccc(C2CCCCC2)c(C(F)(F)F)c1.CCc1cc(/C(C)=N/OCc2ccc(C3CCCCC3)c(C(F)(F)F)c2)ccc1CO.CCc1cc(C(C)=O)ccc1CO.CO.I.NOCc1ccc(C2CCCCC2)c(C(F)(F)F)c1.[Na+].[O-]Cl. The van der Waals surface area contributed by atoms with Crippen LogP contribution in [0, 0.1) is 0 Å². The number of ether oxygens (including phenoxy) is 1. The van der Waals surface area contributed by atoms with E-state index in [0.29, 0.717) is 57.2 Å². The molecule has 27 heteroatoms. The number of nitrogens with zero attached hydrogens (tertiary/aromatic N) is 2. The van der Waals surface area contributed by atoms with Gasteiger partial charge in [-0.05, 0) is 193 Å². The van der Waals surface area contributed by atoms with Crippen molar-refractivity contribution in [2.75, 3.05) is 18.1 Å². The molecule has 0 atom stereocenters. The molecule has 102 heavy (non-hydrogen) atoms. The molecule has 3 aliphatic carbocycles. The number of nitrogens with two attached hydrogens (primary N) is 1. The van der Waals surface area contributed by atoms with Gasteiger partial charge in [0.05, 0.1) is 50.8 Å². The van der Waals surface area contributed by atoms with Crippen molar-refractivity contribution in [1.29, 1.82) is 0 Å². The summed E-state index contributed by atoms with van der Waals surface area (Å²) in [5.41, 5.74) is 7.06. The number of halogens is 14. The number of rotatable bonds is 18. The Kier molecular flexibility index (Phi) is 60.0. The van der Waals surface area contributed by atoms with E-state index in [9.17, 15) is 49.4 Å². The zero-order chi connectivity index (χ0) is 76.0. The van der Waals surface area contributed by atoms with E-state index < -0.39 is 35.2 Å². The summed E-state index contributed by atoms with van der Waals surface area (Å²) in [5.74, 6) is 5.35. The minimum Gasteiger partial charge on any atom is -0.769 e. The monoisotopic (exact) mass is 1930 g/mol. The molecule has 3 fully saturated rings. The molecular formula is C75H106ClF9I4N3NaO9. The van der Waals surface area contributed by atoms with Crippen LogP contribution >= 0.6 is 104 Å². The van der Waals surface area contributed by atoms with E-state index in [1.807, 2.05) is 65.0 Å². The Morgan fingerprint density at radius 1 is 0.549 bits per heavy atom. The number of carbonyl (C=O) groups is 1. The van der Waals surface area contributed by atoms with Gasteiger partial charge in [0.1, 0.15) is 13.2 Å². The third-order valence-electron chi connectivity index (χ3n) is 16.2. The fourth-order valence-corrected chi connectivity index (χ4v) is 11.6. The van der Waals surface area contributed by atoms with Gasteiger partial charge in [-0.15, -0.1) is 24.0 Å². The van der Waals surface area contributed by atoms with E-state index in [1.165, 1.54) is 16.6 Å². The van der Waals surface area contributed by atoms with E-state index in [4.69, 9.17) is 35.2 Å². The van der Waals surface area contributed by atoms with Gasteiger partial charge in [0.2, 0.25) is 5.90 Å². The summed E-state index contributed by atoms with van der Waals surface area (Å²) < 4.78 is 136. The second kappa shape index (κ2) is 58.8. The number of Topliss-reactive ketones (excluding diaryl/α,β-unsaturated/α-hetero) is 1. The Labute approximate surface area is 685 Å². The smallest absolute Gasteiger partial charge is 0.769 e. The van der Waals surface area contributed by atoms with Crippen molar-refractivity contribution in [3.63, 3.8) is 0 Å². The van der Waals surface area contributed by atoms with Crippen molar-refractivity contribution in [1.82, 2.24) is 0 Å².